The number of aliphatic carboxylic acids is 2. The highest BCUT2D eigenvalue weighted by Gasteiger charge is 2.49. The first-order valence-corrected chi connectivity index (χ1v) is 10.9. The van der Waals surface area contributed by atoms with Crippen LogP contribution in [0.3, 0.4) is 0 Å². The van der Waals surface area contributed by atoms with Gasteiger partial charge >= 0.3 is 24.3 Å². The number of methoxy groups -OCH3 is 1. The van der Waals surface area contributed by atoms with Crippen molar-refractivity contribution >= 4 is 23.3 Å². The largest absolute Gasteiger partial charge is 0.490 e. The molecule has 0 radical (unpaired) electrons. The molecule has 0 saturated carbocycles. The third-order valence-corrected chi connectivity index (χ3v) is 6.64. The number of carboxylic acids is 2. The van der Waals surface area contributed by atoms with Crippen molar-refractivity contribution in [3.8, 4) is 0 Å². The normalized spacial score (nSPS) is 23.3. The molecule has 1 aromatic rings. The van der Waals surface area contributed by atoms with Crippen molar-refractivity contribution in [3.63, 3.8) is 0 Å². The fraction of sp³-hybridized carbons (Fsp3) is 0.700. The van der Waals surface area contributed by atoms with Gasteiger partial charge in [0, 0.05) is 49.5 Å². The molecule has 2 aliphatic heterocycles. The van der Waals surface area contributed by atoms with Crippen LogP contribution in [0.1, 0.15) is 16.9 Å². The lowest BCUT2D eigenvalue weighted by molar-refractivity contribution is -0.193. The smallest absolute Gasteiger partial charge is 0.475 e. The van der Waals surface area contributed by atoms with Crippen molar-refractivity contribution in [3.05, 3.63) is 21.9 Å². The van der Waals surface area contributed by atoms with E-state index in [1.807, 2.05) is 18.4 Å². The highest BCUT2D eigenvalue weighted by atomic mass is 32.1. The summed E-state index contributed by atoms with van der Waals surface area (Å²) in [6.07, 6.45) is -8.84. The van der Waals surface area contributed by atoms with Gasteiger partial charge in [0.2, 0.25) is 0 Å². The second kappa shape index (κ2) is 12.2. The van der Waals surface area contributed by atoms with Gasteiger partial charge in [0.05, 0.1) is 6.61 Å². The summed E-state index contributed by atoms with van der Waals surface area (Å²) in [6.45, 7) is 9.19. The molecule has 14 heteroatoms. The van der Waals surface area contributed by atoms with E-state index >= 15 is 0 Å². The minimum absolute atomic E-state index is 0.468. The maximum absolute atomic E-state index is 10.6. The Morgan fingerprint density at radius 3 is 2.09 bits per heavy atom. The molecule has 7 nitrogen and oxygen atoms in total. The minimum atomic E-state index is -5.08. The first-order valence-electron chi connectivity index (χ1n) is 10.0. The first-order chi connectivity index (χ1) is 15.5. The SMILES string of the molecule is COC[C@@H]1CN(C)C[C@@]12CCN(Cc1sccc1C)C2.O=C(O)C(F)(F)F.O=C(O)C(F)(F)F. The summed E-state index contributed by atoms with van der Waals surface area (Å²) >= 11 is 1.90. The van der Waals surface area contributed by atoms with E-state index in [9.17, 15) is 26.3 Å². The molecule has 2 N–H and O–H groups in total. The molecular weight excluding hydrogens is 494 g/mol. The summed E-state index contributed by atoms with van der Waals surface area (Å²) in [5, 5.41) is 16.5. The number of rotatable bonds is 4. The summed E-state index contributed by atoms with van der Waals surface area (Å²) in [7, 11) is 4.09. The van der Waals surface area contributed by atoms with Gasteiger partial charge in [-0.15, -0.1) is 11.3 Å². The number of alkyl halides is 6. The van der Waals surface area contributed by atoms with Crippen LogP contribution in [0, 0.1) is 18.3 Å². The molecule has 34 heavy (non-hydrogen) atoms. The number of ether oxygens (including phenoxy) is 1. The molecule has 0 aliphatic carbocycles. The Hall–Kier alpha value is -1.90. The molecule has 3 rings (SSSR count). The second-order valence-electron chi connectivity index (χ2n) is 8.30. The third kappa shape index (κ3) is 9.04. The zero-order valence-corrected chi connectivity index (χ0v) is 19.7. The van der Waals surface area contributed by atoms with Crippen molar-refractivity contribution < 1.29 is 50.9 Å². The van der Waals surface area contributed by atoms with E-state index < -0.39 is 24.3 Å². The zero-order chi connectivity index (χ0) is 26.3. The van der Waals surface area contributed by atoms with Crippen LogP contribution in [0.4, 0.5) is 26.3 Å². The molecule has 196 valence electrons. The van der Waals surface area contributed by atoms with Crippen LogP contribution in [0.25, 0.3) is 0 Å². The number of carboxylic acid groups (broad SMARTS) is 2. The van der Waals surface area contributed by atoms with Gasteiger partial charge in [0.1, 0.15) is 0 Å². The van der Waals surface area contributed by atoms with E-state index in [0.29, 0.717) is 11.3 Å². The van der Waals surface area contributed by atoms with Gasteiger partial charge in [0.25, 0.3) is 0 Å². The van der Waals surface area contributed by atoms with Gasteiger partial charge in [-0.25, -0.2) is 9.59 Å². The maximum Gasteiger partial charge on any atom is 0.490 e. The third-order valence-electron chi connectivity index (χ3n) is 5.64. The molecule has 0 unspecified atom stereocenters. The number of carbonyl (C=O) groups is 2. The average Bonchev–Trinajstić information content (AvgIpc) is 3.36. The Balaban J connectivity index is 0.000000343. The van der Waals surface area contributed by atoms with Gasteiger partial charge in [-0.05, 0) is 43.9 Å². The van der Waals surface area contributed by atoms with E-state index in [-0.39, 0.29) is 0 Å². The van der Waals surface area contributed by atoms with Gasteiger partial charge in [-0.2, -0.15) is 26.3 Å². The van der Waals surface area contributed by atoms with E-state index in [2.05, 4.69) is 35.2 Å². The monoisotopic (exact) mass is 522 g/mol. The number of thiophene rings is 1. The van der Waals surface area contributed by atoms with Gasteiger partial charge < -0.3 is 19.8 Å². The maximum atomic E-state index is 10.6. The van der Waals surface area contributed by atoms with Gasteiger partial charge in [-0.3, -0.25) is 4.90 Å². The number of aryl methyl sites for hydroxylation is 1. The summed E-state index contributed by atoms with van der Waals surface area (Å²) in [5.41, 5.74) is 1.92. The lowest BCUT2D eigenvalue weighted by Crippen LogP contribution is -2.35. The van der Waals surface area contributed by atoms with Crippen molar-refractivity contribution in [2.45, 2.75) is 32.2 Å². The van der Waals surface area contributed by atoms with Gasteiger partial charge in [-0.1, -0.05) is 0 Å². The van der Waals surface area contributed by atoms with Crippen LogP contribution in [0.2, 0.25) is 0 Å². The second-order valence-corrected chi connectivity index (χ2v) is 9.31. The van der Waals surface area contributed by atoms with E-state index in [4.69, 9.17) is 24.5 Å². The molecule has 1 aromatic heterocycles. The Morgan fingerprint density at radius 1 is 1.15 bits per heavy atom. The summed E-state index contributed by atoms with van der Waals surface area (Å²) in [4.78, 5) is 24.5. The topological polar surface area (TPSA) is 90.3 Å². The number of likely N-dealkylation sites (tertiary alicyclic amines) is 2. The average molecular weight is 523 g/mol. The standard InChI is InChI=1S/C16H26N2OS.2C2HF3O2/c1-13-4-7-20-15(13)9-18-6-5-16(12-18)11-17(2)8-14(16)10-19-3;2*3-2(4,5)1(6)7/h4,7,14H,5-6,8-12H2,1-3H3;2*(H,6,7)/t14-,16+;;/m0../s1. The van der Waals surface area contributed by atoms with Crippen molar-refractivity contribution in [1.82, 2.24) is 9.80 Å². The highest BCUT2D eigenvalue weighted by molar-refractivity contribution is 7.10. The molecule has 2 atom stereocenters. The zero-order valence-electron chi connectivity index (χ0n) is 18.9. The Kier molecular flexibility index (Phi) is 10.8. The summed E-state index contributed by atoms with van der Waals surface area (Å²) in [5.74, 6) is -4.81. The predicted molar refractivity (Wildman–Crippen MR) is 112 cm³/mol. The van der Waals surface area contributed by atoms with E-state index in [1.54, 1.807) is 0 Å². The Bertz CT molecular complexity index is 792. The number of hydrogen-bond donors (Lipinski definition) is 2. The van der Waals surface area contributed by atoms with Crippen LogP contribution in [0.5, 0.6) is 0 Å². The molecular formula is C20H28F6N2O5S. The Morgan fingerprint density at radius 2 is 1.68 bits per heavy atom. The molecule has 0 aromatic carbocycles. The molecule has 2 fully saturated rings. The van der Waals surface area contributed by atoms with Crippen molar-refractivity contribution in [2.75, 3.05) is 46.9 Å². The fourth-order valence-corrected chi connectivity index (χ4v) is 5.03. The van der Waals surface area contributed by atoms with E-state index in [0.717, 1.165) is 13.2 Å². The highest BCUT2D eigenvalue weighted by Crippen LogP contribution is 2.44. The summed E-state index contributed by atoms with van der Waals surface area (Å²) < 4.78 is 69.0. The van der Waals surface area contributed by atoms with E-state index in [1.165, 1.54) is 43.0 Å². The summed E-state index contributed by atoms with van der Waals surface area (Å²) in [6, 6.07) is 2.24. The lowest BCUT2D eigenvalue weighted by Gasteiger charge is -2.30. The molecule has 2 aliphatic rings. The number of nitrogens with zero attached hydrogens (tertiary/aromatic N) is 2. The molecule has 0 amide bonds. The lowest BCUT2D eigenvalue weighted by atomic mass is 9.78. The molecule has 1 spiro atoms. The quantitative estimate of drug-likeness (QED) is 0.583. The van der Waals surface area contributed by atoms with Crippen LogP contribution in [-0.2, 0) is 20.9 Å². The van der Waals surface area contributed by atoms with Crippen LogP contribution in [-0.4, -0.2) is 91.2 Å². The van der Waals surface area contributed by atoms with Crippen LogP contribution in [0.15, 0.2) is 11.4 Å². The van der Waals surface area contributed by atoms with Crippen LogP contribution < -0.4 is 0 Å². The predicted octanol–water partition coefficient (Wildman–Crippen LogP) is 3.72. The minimum Gasteiger partial charge on any atom is -0.475 e. The molecule has 0 bridgehead atoms. The number of halogens is 6. The van der Waals surface area contributed by atoms with Crippen molar-refractivity contribution in [2.24, 2.45) is 11.3 Å². The van der Waals surface area contributed by atoms with Crippen LogP contribution >= 0.6 is 11.3 Å². The molecule has 2 saturated heterocycles. The van der Waals surface area contributed by atoms with Crippen molar-refractivity contribution in [1.29, 1.82) is 0 Å². The first kappa shape index (κ1) is 30.1. The number of hydrogen-bond acceptors (Lipinski definition) is 6. The molecule has 3 heterocycles. The van der Waals surface area contributed by atoms with Gasteiger partial charge in [0.15, 0.2) is 0 Å². The Labute approximate surface area is 196 Å². The fourth-order valence-electron chi connectivity index (χ4n) is 4.08.